The van der Waals surface area contributed by atoms with Crippen LogP contribution in [-0.2, 0) is 0 Å². The molecular weight excluding hydrogens is 300 g/mol. The number of hydrogen-bond donors (Lipinski definition) is 2. The predicted molar refractivity (Wildman–Crippen MR) is 91.7 cm³/mol. The van der Waals surface area contributed by atoms with Crippen LogP contribution in [0, 0.1) is 0 Å². The van der Waals surface area contributed by atoms with Gasteiger partial charge in [-0.3, -0.25) is 4.79 Å². The first-order chi connectivity index (χ1) is 10.5. The van der Waals surface area contributed by atoms with Crippen molar-refractivity contribution in [2.75, 3.05) is 24.7 Å². The number of hydrazone groups is 1. The second kappa shape index (κ2) is 6.95. The topological polar surface area (TPSA) is 70.7 Å². The van der Waals surface area contributed by atoms with Crippen LogP contribution >= 0.6 is 11.6 Å². The Morgan fingerprint density at radius 3 is 2.64 bits per heavy atom. The van der Waals surface area contributed by atoms with Crippen molar-refractivity contribution in [2.45, 2.75) is 0 Å². The summed E-state index contributed by atoms with van der Waals surface area (Å²) in [6.45, 7) is 0. The van der Waals surface area contributed by atoms with Crippen LogP contribution in [0.25, 0.3) is 0 Å². The van der Waals surface area contributed by atoms with Gasteiger partial charge in [0.15, 0.2) is 0 Å². The smallest absolute Gasteiger partial charge is 0.273 e. The van der Waals surface area contributed by atoms with Crippen molar-refractivity contribution in [1.29, 1.82) is 0 Å². The van der Waals surface area contributed by atoms with E-state index in [2.05, 4.69) is 10.5 Å². The molecule has 2 rings (SSSR count). The minimum Gasteiger partial charge on any atom is -0.398 e. The van der Waals surface area contributed by atoms with Gasteiger partial charge in [0, 0.05) is 31.0 Å². The van der Waals surface area contributed by atoms with E-state index in [-0.39, 0.29) is 5.91 Å². The molecular formula is C16H17ClN4O. The van der Waals surface area contributed by atoms with Gasteiger partial charge in [0.1, 0.15) is 0 Å². The molecule has 0 saturated heterocycles. The molecule has 2 aromatic rings. The summed E-state index contributed by atoms with van der Waals surface area (Å²) in [5, 5.41) is 4.47. The Balaban J connectivity index is 2.07. The number of hydrogen-bond acceptors (Lipinski definition) is 4. The molecule has 0 aliphatic rings. The summed E-state index contributed by atoms with van der Waals surface area (Å²) in [6.07, 6.45) is 1.50. The van der Waals surface area contributed by atoms with Crippen LogP contribution in [0.1, 0.15) is 15.9 Å². The maximum Gasteiger partial charge on any atom is 0.273 e. The minimum absolute atomic E-state index is 0.365. The lowest BCUT2D eigenvalue weighted by atomic mass is 10.2. The van der Waals surface area contributed by atoms with Crippen LogP contribution in [-0.4, -0.2) is 26.2 Å². The third-order valence-corrected chi connectivity index (χ3v) is 3.40. The van der Waals surface area contributed by atoms with E-state index < -0.39 is 0 Å². The zero-order chi connectivity index (χ0) is 16.1. The van der Waals surface area contributed by atoms with E-state index in [1.165, 1.54) is 6.21 Å². The lowest BCUT2D eigenvalue weighted by molar-refractivity contribution is 0.0956. The molecule has 0 aliphatic heterocycles. The number of amides is 1. The molecule has 2 aromatic carbocycles. The Bertz CT molecular complexity index is 713. The van der Waals surface area contributed by atoms with Crippen LogP contribution in [0.5, 0.6) is 0 Å². The maximum atomic E-state index is 11.9. The van der Waals surface area contributed by atoms with E-state index in [1.54, 1.807) is 24.3 Å². The number of rotatable bonds is 4. The molecule has 0 bridgehead atoms. The van der Waals surface area contributed by atoms with Gasteiger partial charge in [0.2, 0.25) is 0 Å². The molecule has 5 nitrogen and oxygen atoms in total. The molecule has 0 aliphatic carbocycles. The molecule has 6 heteroatoms. The Kier molecular flexibility index (Phi) is 5.01. The Morgan fingerprint density at radius 1 is 1.27 bits per heavy atom. The fourth-order valence-electron chi connectivity index (χ4n) is 1.82. The highest BCUT2D eigenvalue weighted by Gasteiger charge is 2.07. The van der Waals surface area contributed by atoms with Gasteiger partial charge in [-0.25, -0.2) is 5.43 Å². The molecule has 114 valence electrons. The number of carbonyl (C=O) groups is 1. The molecule has 0 atom stereocenters. The van der Waals surface area contributed by atoms with E-state index in [1.807, 2.05) is 37.2 Å². The lowest BCUT2D eigenvalue weighted by Gasteiger charge is -2.13. The predicted octanol–water partition coefficient (Wildman–Crippen LogP) is 2.75. The van der Waals surface area contributed by atoms with Crippen molar-refractivity contribution in [3.8, 4) is 0 Å². The fourth-order valence-corrected chi connectivity index (χ4v) is 2.05. The summed E-state index contributed by atoms with van der Waals surface area (Å²) in [5.74, 6) is -0.365. The Labute approximate surface area is 134 Å². The third-order valence-electron chi connectivity index (χ3n) is 3.08. The summed E-state index contributed by atoms with van der Waals surface area (Å²) in [5.41, 5.74) is 10.7. The number of halogens is 1. The number of nitrogen functional groups attached to an aromatic ring is 1. The second-order valence-corrected chi connectivity index (χ2v) is 5.29. The van der Waals surface area contributed by atoms with Gasteiger partial charge in [0.05, 0.1) is 16.8 Å². The first kappa shape index (κ1) is 15.9. The van der Waals surface area contributed by atoms with Crippen molar-refractivity contribution in [3.63, 3.8) is 0 Å². The molecule has 0 unspecified atom stereocenters. The van der Waals surface area contributed by atoms with Gasteiger partial charge in [0.25, 0.3) is 5.91 Å². The van der Waals surface area contributed by atoms with E-state index in [0.29, 0.717) is 21.8 Å². The van der Waals surface area contributed by atoms with Crippen molar-refractivity contribution in [2.24, 2.45) is 5.10 Å². The molecule has 0 spiro atoms. The largest absolute Gasteiger partial charge is 0.398 e. The van der Waals surface area contributed by atoms with Crippen LogP contribution < -0.4 is 16.1 Å². The highest BCUT2D eigenvalue weighted by Crippen LogP contribution is 2.21. The molecule has 0 fully saturated rings. The van der Waals surface area contributed by atoms with Crippen LogP contribution in [0.4, 0.5) is 11.4 Å². The molecule has 0 aromatic heterocycles. The zero-order valence-electron chi connectivity index (χ0n) is 12.4. The third kappa shape index (κ3) is 3.77. The lowest BCUT2D eigenvalue weighted by Crippen LogP contribution is -2.19. The summed E-state index contributed by atoms with van der Waals surface area (Å²) < 4.78 is 0. The van der Waals surface area contributed by atoms with Crippen LogP contribution in [0.3, 0.4) is 0 Å². The van der Waals surface area contributed by atoms with Crippen molar-refractivity contribution >= 4 is 35.1 Å². The molecule has 3 N–H and O–H groups in total. The molecule has 22 heavy (non-hydrogen) atoms. The first-order valence-corrected chi connectivity index (χ1v) is 7.01. The number of carbonyl (C=O) groups excluding carboxylic acids is 1. The van der Waals surface area contributed by atoms with Gasteiger partial charge >= 0.3 is 0 Å². The van der Waals surface area contributed by atoms with Crippen LogP contribution in [0.2, 0.25) is 5.02 Å². The van der Waals surface area contributed by atoms with Gasteiger partial charge in [-0.05, 0) is 30.3 Å². The molecule has 0 saturated carbocycles. The van der Waals surface area contributed by atoms with Crippen LogP contribution in [0.15, 0.2) is 47.6 Å². The summed E-state index contributed by atoms with van der Waals surface area (Å²) >= 11 is 6.18. The van der Waals surface area contributed by atoms with Gasteiger partial charge in [-0.2, -0.15) is 5.10 Å². The summed E-state index contributed by atoms with van der Waals surface area (Å²) in [6, 6.07) is 12.4. The second-order valence-electron chi connectivity index (χ2n) is 4.89. The van der Waals surface area contributed by atoms with E-state index in [0.717, 1.165) is 5.69 Å². The van der Waals surface area contributed by atoms with Gasteiger partial charge < -0.3 is 10.6 Å². The number of nitrogens with two attached hydrogens (primary N) is 1. The fraction of sp³-hybridized carbons (Fsp3) is 0.125. The average Bonchev–Trinajstić information content (AvgIpc) is 2.49. The maximum absolute atomic E-state index is 11.9. The standard InChI is InChI=1S/C16H17ClN4O/c1-21(2)12-8-7-11(14(17)9-12)10-19-20-16(22)13-5-3-4-6-15(13)18/h3-10H,18H2,1-2H3,(H,20,22)/b19-10+. The molecule has 1 amide bonds. The average molecular weight is 317 g/mol. The number of para-hydroxylation sites is 1. The summed E-state index contributed by atoms with van der Waals surface area (Å²) in [7, 11) is 3.87. The zero-order valence-corrected chi connectivity index (χ0v) is 13.1. The van der Waals surface area contributed by atoms with Crippen molar-refractivity contribution < 1.29 is 4.79 Å². The number of nitrogens with zero attached hydrogens (tertiary/aromatic N) is 2. The van der Waals surface area contributed by atoms with Crippen molar-refractivity contribution in [3.05, 3.63) is 58.6 Å². The van der Waals surface area contributed by atoms with E-state index >= 15 is 0 Å². The molecule has 0 heterocycles. The van der Waals surface area contributed by atoms with Crippen molar-refractivity contribution in [1.82, 2.24) is 5.43 Å². The summed E-state index contributed by atoms with van der Waals surface area (Å²) in [4.78, 5) is 13.9. The quantitative estimate of drug-likeness (QED) is 0.517. The minimum atomic E-state index is -0.365. The Morgan fingerprint density at radius 2 is 2.00 bits per heavy atom. The monoisotopic (exact) mass is 316 g/mol. The number of benzene rings is 2. The SMILES string of the molecule is CN(C)c1ccc(/C=N/NC(=O)c2ccccc2N)c(Cl)c1. The van der Waals surface area contributed by atoms with Gasteiger partial charge in [-0.15, -0.1) is 0 Å². The molecule has 0 radical (unpaired) electrons. The Hall–Kier alpha value is -2.53. The highest BCUT2D eigenvalue weighted by molar-refractivity contribution is 6.33. The van der Waals surface area contributed by atoms with E-state index in [9.17, 15) is 4.79 Å². The van der Waals surface area contributed by atoms with E-state index in [4.69, 9.17) is 17.3 Å². The normalized spacial score (nSPS) is 10.7. The van der Waals surface area contributed by atoms with Gasteiger partial charge in [-0.1, -0.05) is 23.7 Å². The number of nitrogens with one attached hydrogen (secondary N) is 1. The first-order valence-electron chi connectivity index (χ1n) is 6.64. The highest BCUT2D eigenvalue weighted by atomic mass is 35.5. The number of anilines is 2.